The maximum atomic E-state index is 13.7. The van der Waals surface area contributed by atoms with Crippen LogP contribution in [-0.2, 0) is 19.7 Å². The minimum Gasteiger partial charge on any atom is -0.379 e. The van der Waals surface area contributed by atoms with Crippen molar-refractivity contribution in [3.63, 3.8) is 0 Å². The fourth-order valence-corrected chi connectivity index (χ4v) is 7.47. The van der Waals surface area contributed by atoms with Crippen LogP contribution < -0.4 is 4.18 Å². The summed E-state index contributed by atoms with van der Waals surface area (Å²) in [6, 6.07) is 16.0. The highest BCUT2D eigenvalue weighted by atomic mass is 32.2. The van der Waals surface area contributed by atoms with Crippen molar-refractivity contribution in [1.29, 1.82) is 0 Å². The van der Waals surface area contributed by atoms with Gasteiger partial charge in [0.1, 0.15) is 17.2 Å². The number of hydrazine groups is 1. The standard InChI is InChI=1S/C31H27N3O9S/c1-18-2-14-25(15-3-18)44(41,42)43-24-12-8-19(9-13-24)26(35)17-32(29(36)20-6-10-23(11-7-20)34(39)40)33-30(37)27-21-4-5-22(16-21)28(27)31(33)38/h2-3,6-15,21-22,27-28H,4-5,16-17H2,1H3/t21-,22-,27+,28+/m0/s1. The molecule has 2 saturated carbocycles. The monoisotopic (exact) mass is 617 g/mol. The molecule has 2 bridgehead atoms. The number of non-ortho nitro benzene ring substituents is 1. The van der Waals surface area contributed by atoms with E-state index in [-0.39, 0.29) is 39.3 Å². The summed E-state index contributed by atoms with van der Waals surface area (Å²) in [4.78, 5) is 64.7. The predicted octanol–water partition coefficient (Wildman–Crippen LogP) is 3.94. The van der Waals surface area contributed by atoms with E-state index in [2.05, 4.69) is 0 Å². The van der Waals surface area contributed by atoms with Gasteiger partial charge >= 0.3 is 10.1 Å². The third-order valence-electron chi connectivity index (χ3n) is 8.69. The number of nitrogens with zero attached hydrogens (tertiary/aromatic N) is 3. The maximum Gasteiger partial charge on any atom is 0.339 e. The van der Waals surface area contributed by atoms with E-state index in [1.165, 1.54) is 48.5 Å². The van der Waals surface area contributed by atoms with Crippen LogP contribution in [0.15, 0.2) is 77.7 Å². The van der Waals surface area contributed by atoms with Crippen LogP contribution in [0.25, 0.3) is 0 Å². The quantitative estimate of drug-likeness (QED) is 0.114. The molecule has 3 aromatic rings. The third kappa shape index (κ3) is 5.12. The van der Waals surface area contributed by atoms with Gasteiger partial charge in [0, 0.05) is 23.3 Å². The first-order valence-electron chi connectivity index (χ1n) is 14.0. The summed E-state index contributed by atoms with van der Waals surface area (Å²) in [5, 5.41) is 12.7. The van der Waals surface area contributed by atoms with Gasteiger partial charge in [-0.2, -0.15) is 13.4 Å². The molecule has 2 aliphatic carbocycles. The first-order chi connectivity index (χ1) is 20.9. The topological polar surface area (TPSA) is 161 Å². The van der Waals surface area contributed by atoms with Crippen molar-refractivity contribution in [2.24, 2.45) is 23.7 Å². The fourth-order valence-electron chi connectivity index (χ4n) is 6.54. The molecule has 3 aromatic carbocycles. The average Bonchev–Trinajstić information content (AvgIpc) is 3.69. The number of aryl methyl sites for hydroxylation is 1. The number of imide groups is 1. The molecule has 1 heterocycles. The number of amides is 3. The number of carbonyl (C=O) groups excluding carboxylic acids is 4. The molecule has 3 aliphatic rings. The van der Waals surface area contributed by atoms with Crippen molar-refractivity contribution >= 4 is 39.3 Å². The molecule has 44 heavy (non-hydrogen) atoms. The van der Waals surface area contributed by atoms with Crippen LogP contribution in [0.2, 0.25) is 0 Å². The number of carbonyl (C=O) groups is 4. The Labute approximate surface area is 252 Å². The Bertz CT molecular complexity index is 1760. The van der Waals surface area contributed by atoms with E-state index in [0.717, 1.165) is 47.0 Å². The Morgan fingerprint density at radius 1 is 0.886 bits per heavy atom. The number of nitro benzene ring substituents is 1. The minimum atomic E-state index is -4.13. The highest BCUT2D eigenvalue weighted by molar-refractivity contribution is 7.87. The van der Waals surface area contributed by atoms with Crippen LogP contribution in [0, 0.1) is 40.7 Å². The van der Waals surface area contributed by atoms with Crippen LogP contribution in [0.5, 0.6) is 5.75 Å². The number of benzene rings is 3. The largest absolute Gasteiger partial charge is 0.379 e. The highest BCUT2D eigenvalue weighted by Crippen LogP contribution is 2.56. The Kier molecular flexibility index (Phi) is 7.28. The first kappa shape index (κ1) is 29.2. The van der Waals surface area contributed by atoms with Gasteiger partial charge in [-0.25, -0.2) is 5.01 Å². The normalized spacial score (nSPS) is 22.2. The van der Waals surface area contributed by atoms with Gasteiger partial charge < -0.3 is 4.18 Å². The number of fused-ring (bicyclic) bond motifs is 5. The molecule has 1 aliphatic heterocycles. The maximum absolute atomic E-state index is 13.7. The fraction of sp³-hybridized carbons (Fsp3) is 0.290. The Balaban J connectivity index is 1.25. The molecule has 12 nitrogen and oxygen atoms in total. The summed E-state index contributed by atoms with van der Waals surface area (Å²) in [6.45, 7) is 1.14. The molecule has 0 radical (unpaired) electrons. The number of ketones is 1. The highest BCUT2D eigenvalue weighted by Gasteiger charge is 2.62. The van der Waals surface area contributed by atoms with Gasteiger partial charge in [-0.3, -0.25) is 29.3 Å². The molecule has 13 heteroatoms. The van der Waals surface area contributed by atoms with Crippen LogP contribution >= 0.6 is 0 Å². The van der Waals surface area contributed by atoms with Crippen LogP contribution in [-0.4, -0.2) is 53.4 Å². The molecule has 4 atom stereocenters. The number of nitro groups is 1. The molecule has 0 unspecified atom stereocenters. The molecule has 3 fully saturated rings. The van der Waals surface area contributed by atoms with Crippen molar-refractivity contribution in [3.8, 4) is 5.75 Å². The molecular weight excluding hydrogens is 590 g/mol. The molecule has 0 N–H and O–H groups in total. The Morgan fingerprint density at radius 2 is 1.43 bits per heavy atom. The van der Waals surface area contributed by atoms with Crippen molar-refractivity contribution < 1.29 is 36.7 Å². The summed E-state index contributed by atoms with van der Waals surface area (Å²) >= 11 is 0. The van der Waals surface area contributed by atoms with Crippen LogP contribution in [0.3, 0.4) is 0 Å². The summed E-state index contributed by atoms with van der Waals surface area (Å²) in [6.07, 6.45) is 2.42. The molecule has 226 valence electrons. The van der Waals surface area contributed by atoms with E-state index in [0.29, 0.717) is 0 Å². The molecule has 0 spiro atoms. The van der Waals surface area contributed by atoms with Crippen LogP contribution in [0.4, 0.5) is 5.69 Å². The molecule has 1 saturated heterocycles. The van der Waals surface area contributed by atoms with Crippen molar-refractivity contribution in [1.82, 2.24) is 10.0 Å². The Hall–Kier alpha value is -4.91. The summed E-state index contributed by atoms with van der Waals surface area (Å²) in [7, 11) is -4.13. The molecular formula is C31H27N3O9S. The second-order valence-electron chi connectivity index (χ2n) is 11.3. The van der Waals surface area contributed by atoms with Gasteiger partial charge in [0.25, 0.3) is 23.4 Å². The lowest BCUT2D eigenvalue weighted by molar-refractivity contribution is -0.384. The van der Waals surface area contributed by atoms with Gasteiger partial charge in [-0.15, -0.1) is 0 Å². The third-order valence-corrected chi connectivity index (χ3v) is 9.95. The first-order valence-corrected chi connectivity index (χ1v) is 15.4. The number of rotatable bonds is 9. The van der Waals surface area contributed by atoms with E-state index in [4.69, 9.17) is 4.18 Å². The number of hydrogen-bond donors (Lipinski definition) is 0. The number of hydrogen-bond acceptors (Lipinski definition) is 9. The van der Waals surface area contributed by atoms with Crippen molar-refractivity contribution in [3.05, 3.63) is 99.6 Å². The summed E-state index contributed by atoms with van der Waals surface area (Å²) < 4.78 is 30.5. The van der Waals surface area contributed by atoms with Crippen molar-refractivity contribution in [2.45, 2.75) is 31.1 Å². The predicted molar refractivity (Wildman–Crippen MR) is 154 cm³/mol. The SMILES string of the molecule is Cc1ccc(S(=O)(=O)Oc2ccc(C(=O)CN(C(=O)c3ccc([N+](=O)[O-])cc3)N3C(=O)[C@@H]4[C@H]5CC[C@@H](C5)[C@H]4C3=O)cc2)cc1. The zero-order chi connectivity index (χ0) is 31.3. The second kappa shape index (κ2) is 11.0. The summed E-state index contributed by atoms with van der Waals surface area (Å²) in [5.74, 6) is -3.58. The van der Waals surface area contributed by atoms with Gasteiger partial charge in [-0.05, 0) is 86.6 Å². The minimum absolute atomic E-state index is 0.0400. The molecule has 0 aromatic heterocycles. The van der Waals surface area contributed by atoms with E-state index in [1.807, 2.05) is 6.92 Å². The van der Waals surface area contributed by atoms with Crippen LogP contribution in [0.1, 0.15) is 45.5 Å². The van der Waals surface area contributed by atoms with Crippen molar-refractivity contribution in [2.75, 3.05) is 6.54 Å². The molecule has 3 amide bonds. The summed E-state index contributed by atoms with van der Waals surface area (Å²) in [5.41, 5.74) is 0.649. The zero-order valence-corrected chi connectivity index (χ0v) is 24.3. The smallest absolute Gasteiger partial charge is 0.339 e. The second-order valence-corrected chi connectivity index (χ2v) is 12.9. The van der Waals surface area contributed by atoms with Gasteiger partial charge in [0.05, 0.1) is 16.8 Å². The number of Topliss-reactive ketones (excluding diaryl/α,β-unsaturated/α-hetero) is 1. The zero-order valence-electron chi connectivity index (χ0n) is 23.5. The van der Waals surface area contributed by atoms with Gasteiger partial charge in [0.2, 0.25) is 0 Å². The lowest BCUT2D eigenvalue weighted by Crippen LogP contribution is -2.52. The van der Waals surface area contributed by atoms with E-state index < -0.39 is 56.9 Å². The lowest BCUT2D eigenvalue weighted by Gasteiger charge is -2.30. The Morgan fingerprint density at radius 3 is 1.98 bits per heavy atom. The lowest BCUT2D eigenvalue weighted by atomic mass is 9.81. The van der Waals surface area contributed by atoms with E-state index >= 15 is 0 Å². The van der Waals surface area contributed by atoms with E-state index in [1.54, 1.807) is 12.1 Å². The average molecular weight is 618 g/mol. The van der Waals surface area contributed by atoms with Gasteiger partial charge in [0.15, 0.2) is 5.78 Å². The molecule has 6 rings (SSSR count). The van der Waals surface area contributed by atoms with Gasteiger partial charge in [-0.1, -0.05) is 17.7 Å². The van der Waals surface area contributed by atoms with E-state index in [9.17, 15) is 37.7 Å².